The first kappa shape index (κ1) is 22.7. The first-order valence-corrected chi connectivity index (χ1v) is 11.8. The molecule has 174 valence electrons. The zero-order valence-corrected chi connectivity index (χ0v) is 19.1. The van der Waals surface area contributed by atoms with Gasteiger partial charge in [-0.2, -0.15) is 0 Å². The number of imide groups is 1. The van der Waals surface area contributed by atoms with Gasteiger partial charge in [0.1, 0.15) is 11.4 Å². The number of methoxy groups -OCH3 is 1. The number of likely N-dealkylation sites (N-methyl/N-ethyl adjacent to an activating group) is 1. The Hall–Kier alpha value is -3.44. The Labute approximate surface area is 192 Å². The molecule has 0 unspecified atom stereocenters. The Morgan fingerprint density at radius 3 is 2.24 bits per heavy atom. The van der Waals surface area contributed by atoms with Crippen LogP contribution in [0.3, 0.4) is 0 Å². The standard InChI is InChI=1S/C22H24N4O6S/c1-23-11-13-24(14-12-23)21(28)17-9-6-10-18(20(17)32-2)33(30,31)26-19(27)15-25(22(26)29)16-7-4-3-5-8-16/h3-10H,11-15H2,1-2H3. The summed E-state index contributed by atoms with van der Waals surface area (Å²) in [6.07, 6.45) is 0. The summed E-state index contributed by atoms with van der Waals surface area (Å²) in [5.41, 5.74) is 0.460. The van der Waals surface area contributed by atoms with E-state index in [0.29, 0.717) is 31.9 Å². The lowest BCUT2D eigenvalue weighted by Gasteiger charge is -2.32. The Morgan fingerprint density at radius 2 is 1.61 bits per heavy atom. The van der Waals surface area contributed by atoms with Crippen LogP contribution in [0.5, 0.6) is 5.75 Å². The van der Waals surface area contributed by atoms with Gasteiger partial charge in [-0.1, -0.05) is 24.3 Å². The summed E-state index contributed by atoms with van der Waals surface area (Å²) < 4.78 is 32.5. The highest BCUT2D eigenvalue weighted by molar-refractivity contribution is 7.90. The lowest BCUT2D eigenvalue weighted by Crippen LogP contribution is -2.47. The van der Waals surface area contributed by atoms with Crippen LogP contribution in [-0.4, -0.2) is 87.2 Å². The maximum atomic E-state index is 13.5. The van der Waals surface area contributed by atoms with Crippen LogP contribution in [0.2, 0.25) is 0 Å². The van der Waals surface area contributed by atoms with Crippen molar-refractivity contribution in [1.82, 2.24) is 14.1 Å². The van der Waals surface area contributed by atoms with Crippen LogP contribution in [0.25, 0.3) is 0 Å². The second-order valence-electron chi connectivity index (χ2n) is 7.80. The van der Waals surface area contributed by atoms with Gasteiger partial charge in [0, 0.05) is 31.9 Å². The molecule has 11 heteroatoms. The largest absolute Gasteiger partial charge is 0.494 e. The number of ether oxygens (including phenoxy) is 1. The van der Waals surface area contributed by atoms with Crippen molar-refractivity contribution in [3.05, 3.63) is 54.1 Å². The molecular formula is C22H24N4O6S. The van der Waals surface area contributed by atoms with Crippen LogP contribution < -0.4 is 9.64 Å². The van der Waals surface area contributed by atoms with Crippen LogP contribution in [-0.2, 0) is 14.8 Å². The number of anilines is 1. The van der Waals surface area contributed by atoms with Crippen LogP contribution in [0.15, 0.2) is 53.4 Å². The third kappa shape index (κ3) is 4.05. The van der Waals surface area contributed by atoms with Crippen molar-refractivity contribution >= 4 is 33.6 Å². The number of hydrogen-bond donors (Lipinski definition) is 0. The summed E-state index contributed by atoms with van der Waals surface area (Å²) >= 11 is 0. The van der Waals surface area contributed by atoms with E-state index < -0.39 is 33.4 Å². The van der Waals surface area contributed by atoms with E-state index in [1.54, 1.807) is 35.2 Å². The molecule has 0 atom stereocenters. The highest BCUT2D eigenvalue weighted by Gasteiger charge is 2.46. The van der Waals surface area contributed by atoms with E-state index in [1.165, 1.54) is 25.3 Å². The van der Waals surface area contributed by atoms with Crippen molar-refractivity contribution in [3.63, 3.8) is 0 Å². The third-order valence-electron chi connectivity index (χ3n) is 5.71. The number of urea groups is 1. The lowest BCUT2D eigenvalue weighted by molar-refractivity contribution is -0.121. The van der Waals surface area contributed by atoms with E-state index in [0.717, 1.165) is 4.90 Å². The van der Waals surface area contributed by atoms with Crippen LogP contribution in [0.4, 0.5) is 10.5 Å². The van der Waals surface area contributed by atoms with Gasteiger partial charge in [-0.15, -0.1) is 4.31 Å². The zero-order chi connectivity index (χ0) is 23.8. The molecule has 0 saturated carbocycles. The molecule has 0 aromatic heterocycles. The Morgan fingerprint density at radius 1 is 0.939 bits per heavy atom. The molecule has 4 amide bonds. The minimum absolute atomic E-state index is 0.0575. The highest BCUT2D eigenvalue weighted by atomic mass is 32.2. The number of sulfonamides is 1. The molecule has 0 aliphatic carbocycles. The van der Waals surface area contributed by atoms with Crippen LogP contribution >= 0.6 is 0 Å². The topological polar surface area (TPSA) is 108 Å². The number of hydrogen-bond acceptors (Lipinski definition) is 7. The molecule has 2 aromatic carbocycles. The van der Waals surface area contributed by atoms with E-state index in [1.807, 2.05) is 7.05 Å². The van der Waals surface area contributed by atoms with Gasteiger partial charge in [0.15, 0.2) is 5.75 Å². The third-order valence-corrected chi connectivity index (χ3v) is 7.43. The van der Waals surface area contributed by atoms with Crippen LogP contribution in [0, 0.1) is 0 Å². The van der Waals surface area contributed by atoms with E-state index >= 15 is 0 Å². The summed E-state index contributed by atoms with van der Waals surface area (Å²) in [4.78, 5) is 43.1. The van der Waals surface area contributed by atoms with Gasteiger partial charge in [-0.25, -0.2) is 13.2 Å². The molecule has 2 heterocycles. The number of carbonyl (C=O) groups is 3. The molecule has 4 rings (SSSR count). The first-order valence-electron chi connectivity index (χ1n) is 10.3. The normalized spacial score (nSPS) is 17.6. The molecule has 2 saturated heterocycles. The molecule has 2 aliphatic rings. The maximum Gasteiger partial charge on any atom is 0.346 e. The fraction of sp³-hybridized carbons (Fsp3) is 0.318. The summed E-state index contributed by atoms with van der Waals surface area (Å²) in [5.74, 6) is -1.45. The average molecular weight is 473 g/mol. The van der Waals surface area contributed by atoms with Gasteiger partial charge in [0.05, 0.1) is 12.7 Å². The first-order chi connectivity index (χ1) is 15.8. The number of nitrogens with zero attached hydrogens (tertiary/aromatic N) is 4. The lowest BCUT2D eigenvalue weighted by atomic mass is 10.1. The Balaban J connectivity index is 1.70. The highest BCUT2D eigenvalue weighted by Crippen LogP contribution is 2.34. The molecule has 2 fully saturated rings. The zero-order valence-electron chi connectivity index (χ0n) is 18.3. The second kappa shape index (κ2) is 8.83. The minimum atomic E-state index is -4.63. The van der Waals surface area contributed by atoms with Gasteiger partial charge >= 0.3 is 6.03 Å². The van der Waals surface area contributed by atoms with E-state index in [4.69, 9.17) is 4.74 Å². The van der Waals surface area contributed by atoms with Crippen LogP contribution in [0.1, 0.15) is 10.4 Å². The predicted molar refractivity (Wildman–Crippen MR) is 120 cm³/mol. The van der Waals surface area contributed by atoms with E-state index in [9.17, 15) is 22.8 Å². The van der Waals surface area contributed by atoms with Crippen molar-refractivity contribution < 1.29 is 27.5 Å². The van der Waals surface area contributed by atoms with Crippen molar-refractivity contribution in [2.24, 2.45) is 0 Å². The predicted octanol–water partition coefficient (Wildman–Crippen LogP) is 1.24. The SMILES string of the molecule is COc1c(C(=O)N2CCN(C)CC2)cccc1S(=O)(=O)N1C(=O)CN(c2ccccc2)C1=O. The van der Waals surface area contributed by atoms with Gasteiger partial charge in [-0.3, -0.25) is 14.5 Å². The van der Waals surface area contributed by atoms with Gasteiger partial charge < -0.3 is 14.5 Å². The van der Waals surface area contributed by atoms with E-state index in [2.05, 4.69) is 4.90 Å². The molecule has 0 radical (unpaired) electrons. The molecular weight excluding hydrogens is 448 g/mol. The van der Waals surface area contributed by atoms with Gasteiger partial charge in [-0.05, 0) is 31.3 Å². The maximum absolute atomic E-state index is 13.5. The summed E-state index contributed by atoms with van der Waals surface area (Å²) in [5, 5.41) is 0. The Kier molecular flexibility index (Phi) is 6.09. The summed E-state index contributed by atoms with van der Waals surface area (Å²) in [6.45, 7) is 1.95. The molecule has 0 bridgehead atoms. The molecule has 0 spiro atoms. The quantitative estimate of drug-likeness (QED) is 0.603. The van der Waals surface area contributed by atoms with Gasteiger partial charge in [0.25, 0.3) is 21.8 Å². The number of carbonyl (C=O) groups excluding carboxylic acids is 3. The fourth-order valence-corrected chi connectivity index (χ4v) is 5.41. The smallest absolute Gasteiger partial charge is 0.346 e. The second-order valence-corrected chi connectivity index (χ2v) is 9.55. The van der Waals surface area contributed by atoms with Gasteiger partial charge in [0.2, 0.25) is 0 Å². The number of rotatable bonds is 5. The molecule has 10 nitrogen and oxygen atoms in total. The molecule has 2 aliphatic heterocycles. The van der Waals surface area contributed by atoms with Crippen molar-refractivity contribution in [1.29, 1.82) is 0 Å². The number of benzene rings is 2. The van der Waals surface area contributed by atoms with E-state index in [-0.39, 0.29) is 21.5 Å². The van der Waals surface area contributed by atoms with Crippen molar-refractivity contribution in [3.8, 4) is 5.75 Å². The summed E-state index contributed by atoms with van der Waals surface area (Å²) in [7, 11) is -1.42. The molecule has 0 N–H and O–H groups in total. The van der Waals surface area contributed by atoms with Crippen molar-refractivity contribution in [2.45, 2.75) is 4.90 Å². The number of piperazine rings is 1. The number of amides is 4. The number of para-hydroxylation sites is 2. The summed E-state index contributed by atoms with van der Waals surface area (Å²) in [6, 6.07) is 11.4. The monoisotopic (exact) mass is 472 g/mol. The minimum Gasteiger partial charge on any atom is -0.494 e. The van der Waals surface area contributed by atoms with Crippen molar-refractivity contribution in [2.75, 3.05) is 51.8 Å². The molecule has 2 aromatic rings. The fourth-order valence-electron chi connectivity index (χ4n) is 3.91. The Bertz CT molecular complexity index is 1190. The molecule has 33 heavy (non-hydrogen) atoms. The average Bonchev–Trinajstić information content (AvgIpc) is 3.13.